The molecule has 0 saturated heterocycles. The topological polar surface area (TPSA) is 134 Å². The van der Waals surface area contributed by atoms with Crippen molar-refractivity contribution in [2.75, 3.05) is 11.1 Å². The minimum Gasteiger partial charge on any atom is -0.397 e. The molecule has 0 fully saturated rings. The summed E-state index contributed by atoms with van der Waals surface area (Å²) in [4.78, 5) is 46.2. The second kappa shape index (κ2) is 6.85. The fourth-order valence-corrected chi connectivity index (χ4v) is 4.15. The van der Waals surface area contributed by atoms with Gasteiger partial charge in [0, 0.05) is 16.5 Å². The van der Waals surface area contributed by atoms with E-state index in [4.69, 9.17) is 5.73 Å². The molecule has 0 aliphatic carbocycles. The van der Waals surface area contributed by atoms with Crippen LogP contribution in [0.3, 0.4) is 0 Å². The van der Waals surface area contributed by atoms with Crippen molar-refractivity contribution in [3.63, 3.8) is 0 Å². The number of carbonyl (C=O) groups excluding carboxylic acids is 1. The SMILES string of the molecule is Cc1[nH]c(=O)[nH]c(=O)c1NC(=O)c1sc2nc3ccc(C(C)C)cc3cc2c1N. The summed E-state index contributed by atoms with van der Waals surface area (Å²) in [6, 6.07) is 8.02. The number of H-pyrrole nitrogens is 2. The van der Waals surface area contributed by atoms with Crippen LogP contribution < -0.4 is 22.3 Å². The molecule has 4 rings (SSSR count). The number of hydrogen-bond acceptors (Lipinski definition) is 6. The lowest BCUT2D eigenvalue weighted by Gasteiger charge is -2.07. The van der Waals surface area contributed by atoms with E-state index in [1.807, 2.05) is 18.2 Å². The van der Waals surface area contributed by atoms with Crippen LogP contribution in [-0.2, 0) is 0 Å². The van der Waals surface area contributed by atoms with Gasteiger partial charge in [-0.3, -0.25) is 14.6 Å². The number of aromatic amines is 2. The highest BCUT2D eigenvalue weighted by atomic mass is 32.1. The van der Waals surface area contributed by atoms with E-state index in [1.165, 1.54) is 12.5 Å². The molecule has 3 heterocycles. The van der Waals surface area contributed by atoms with Crippen molar-refractivity contribution in [1.82, 2.24) is 15.0 Å². The number of pyridine rings is 1. The molecule has 0 spiro atoms. The number of thiophene rings is 1. The molecular formula is C20H19N5O3S. The lowest BCUT2D eigenvalue weighted by atomic mass is 10.0. The lowest BCUT2D eigenvalue weighted by molar-refractivity contribution is 0.103. The number of benzene rings is 1. The van der Waals surface area contributed by atoms with Crippen LogP contribution >= 0.6 is 11.3 Å². The van der Waals surface area contributed by atoms with Crippen molar-refractivity contribution < 1.29 is 4.79 Å². The summed E-state index contributed by atoms with van der Waals surface area (Å²) < 4.78 is 0. The summed E-state index contributed by atoms with van der Waals surface area (Å²) in [6.45, 7) is 5.77. The van der Waals surface area contributed by atoms with Crippen LogP contribution in [0, 0.1) is 6.92 Å². The molecule has 3 aromatic heterocycles. The molecule has 0 saturated carbocycles. The van der Waals surface area contributed by atoms with Gasteiger partial charge in [-0.15, -0.1) is 11.3 Å². The third kappa shape index (κ3) is 3.29. The maximum Gasteiger partial charge on any atom is 0.326 e. The lowest BCUT2D eigenvalue weighted by Crippen LogP contribution is -2.28. The van der Waals surface area contributed by atoms with E-state index in [0.717, 1.165) is 22.2 Å². The van der Waals surface area contributed by atoms with Crippen molar-refractivity contribution >= 4 is 49.7 Å². The van der Waals surface area contributed by atoms with Crippen LogP contribution in [0.4, 0.5) is 11.4 Å². The molecular weight excluding hydrogens is 390 g/mol. The van der Waals surface area contributed by atoms with Gasteiger partial charge in [0.2, 0.25) is 0 Å². The zero-order chi connectivity index (χ0) is 20.9. The summed E-state index contributed by atoms with van der Waals surface area (Å²) in [5, 5.41) is 4.19. The molecule has 29 heavy (non-hydrogen) atoms. The summed E-state index contributed by atoms with van der Waals surface area (Å²) in [5.41, 5.74) is 7.50. The Labute approximate surface area is 168 Å². The molecule has 0 bridgehead atoms. The monoisotopic (exact) mass is 409 g/mol. The summed E-state index contributed by atoms with van der Waals surface area (Å²) >= 11 is 1.16. The number of nitrogens with zero attached hydrogens (tertiary/aromatic N) is 1. The Hall–Kier alpha value is -3.46. The fraction of sp³-hybridized carbons (Fsp3) is 0.200. The van der Waals surface area contributed by atoms with Crippen molar-refractivity contribution in [3.05, 3.63) is 61.2 Å². The summed E-state index contributed by atoms with van der Waals surface area (Å²) in [6.07, 6.45) is 0. The van der Waals surface area contributed by atoms with Crippen LogP contribution in [0.1, 0.15) is 40.7 Å². The van der Waals surface area contributed by atoms with Crippen molar-refractivity contribution in [3.8, 4) is 0 Å². The molecule has 0 unspecified atom stereocenters. The number of fused-ring (bicyclic) bond motifs is 2. The molecule has 1 aromatic carbocycles. The van der Waals surface area contributed by atoms with Gasteiger partial charge >= 0.3 is 5.69 Å². The van der Waals surface area contributed by atoms with E-state index < -0.39 is 17.2 Å². The maximum absolute atomic E-state index is 12.8. The zero-order valence-corrected chi connectivity index (χ0v) is 16.9. The number of nitrogens with two attached hydrogens (primary N) is 1. The van der Waals surface area contributed by atoms with Crippen LogP contribution in [0.2, 0.25) is 0 Å². The number of carbonyl (C=O) groups is 1. The Morgan fingerprint density at radius 2 is 1.97 bits per heavy atom. The molecule has 0 radical (unpaired) electrons. The number of anilines is 2. The average molecular weight is 409 g/mol. The first kappa shape index (κ1) is 18.9. The first-order valence-corrected chi connectivity index (χ1v) is 9.83. The number of nitrogens with one attached hydrogen (secondary N) is 3. The number of amides is 1. The third-order valence-corrected chi connectivity index (χ3v) is 5.89. The van der Waals surface area contributed by atoms with Crippen LogP contribution in [0.5, 0.6) is 0 Å². The van der Waals surface area contributed by atoms with Crippen LogP contribution in [-0.4, -0.2) is 20.9 Å². The Kier molecular flexibility index (Phi) is 4.46. The minimum absolute atomic E-state index is 0.0221. The second-order valence-electron chi connectivity index (χ2n) is 7.16. The summed E-state index contributed by atoms with van der Waals surface area (Å²) in [7, 11) is 0. The standard InChI is InChI=1S/C20H19N5O3S/c1-8(2)10-4-5-13-11(6-10)7-12-14(21)16(29-19(12)23-13)18(27)24-15-9(3)22-20(28)25-17(15)26/h4-8H,21H2,1-3H3,(H,24,27)(H2,22,25,26,28). The predicted molar refractivity (Wildman–Crippen MR) is 116 cm³/mol. The van der Waals surface area contributed by atoms with Gasteiger partial charge in [0.05, 0.1) is 11.2 Å². The second-order valence-corrected chi connectivity index (χ2v) is 8.15. The van der Waals surface area contributed by atoms with E-state index in [9.17, 15) is 14.4 Å². The van der Waals surface area contributed by atoms with Crippen molar-refractivity contribution in [2.24, 2.45) is 0 Å². The average Bonchev–Trinajstić information content (AvgIpc) is 2.98. The Morgan fingerprint density at radius 3 is 2.66 bits per heavy atom. The fourth-order valence-electron chi connectivity index (χ4n) is 3.17. The largest absolute Gasteiger partial charge is 0.397 e. The predicted octanol–water partition coefficient (Wildman–Crippen LogP) is 3.09. The number of aromatic nitrogens is 3. The zero-order valence-electron chi connectivity index (χ0n) is 16.0. The van der Waals surface area contributed by atoms with Crippen molar-refractivity contribution in [1.29, 1.82) is 0 Å². The smallest absolute Gasteiger partial charge is 0.326 e. The number of rotatable bonds is 3. The number of nitrogen functional groups attached to an aromatic ring is 1. The van der Waals surface area contributed by atoms with Gasteiger partial charge < -0.3 is 16.0 Å². The first-order valence-electron chi connectivity index (χ1n) is 9.02. The Bertz CT molecular complexity index is 1400. The number of hydrogen-bond donors (Lipinski definition) is 4. The molecule has 9 heteroatoms. The Morgan fingerprint density at radius 1 is 1.21 bits per heavy atom. The van der Waals surface area contributed by atoms with Crippen molar-refractivity contribution in [2.45, 2.75) is 26.7 Å². The molecule has 148 valence electrons. The van der Waals surface area contributed by atoms with Gasteiger partial charge in [-0.05, 0) is 36.6 Å². The molecule has 0 aliphatic heterocycles. The third-order valence-electron chi connectivity index (χ3n) is 4.78. The highest BCUT2D eigenvalue weighted by Gasteiger charge is 2.20. The van der Waals surface area contributed by atoms with Gasteiger partial charge in [-0.25, -0.2) is 9.78 Å². The van der Waals surface area contributed by atoms with E-state index in [2.05, 4.69) is 40.2 Å². The van der Waals surface area contributed by atoms with Gasteiger partial charge in [0.1, 0.15) is 15.4 Å². The van der Waals surface area contributed by atoms with E-state index in [0.29, 0.717) is 21.8 Å². The molecule has 5 N–H and O–H groups in total. The number of aryl methyl sites for hydroxylation is 1. The van der Waals surface area contributed by atoms with E-state index in [1.54, 1.807) is 0 Å². The molecule has 8 nitrogen and oxygen atoms in total. The highest BCUT2D eigenvalue weighted by molar-refractivity contribution is 7.21. The van der Waals surface area contributed by atoms with Gasteiger partial charge in [0.25, 0.3) is 11.5 Å². The summed E-state index contributed by atoms with van der Waals surface area (Å²) in [5.74, 6) is -0.145. The molecule has 0 aliphatic rings. The van der Waals surface area contributed by atoms with E-state index >= 15 is 0 Å². The molecule has 1 amide bonds. The quantitative estimate of drug-likeness (QED) is 0.412. The van der Waals surface area contributed by atoms with Crippen LogP contribution in [0.25, 0.3) is 21.1 Å². The molecule has 4 aromatic rings. The van der Waals surface area contributed by atoms with Gasteiger partial charge in [-0.2, -0.15) is 0 Å². The molecule has 0 atom stereocenters. The highest BCUT2D eigenvalue weighted by Crippen LogP contribution is 2.35. The normalized spacial score (nSPS) is 11.4. The van der Waals surface area contributed by atoms with Crippen LogP contribution in [0.15, 0.2) is 33.9 Å². The Balaban J connectivity index is 1.79. The van der Waals surface area contributed by atoms with Gasteiger partial charge in [-0.1, -0.05) is 19.9 Å². The maximum atomic E-state index is 12.8. The minimum atomic E-state index is -0.677. The van der Waals surface area contributed by atoms with E-state index in [-0.39, 0.29) is 16.3 Å². The van der Waals surface area contributed by atoms with Gasteiger partial charge in [0.15, 0.2) is 0 Å². The first-order chi connectivity index (χ1) is 13.7.